The van der Waals surface area contributed by atoms with Crippen molar-refractivity contribution in [2.45, 2.75) is 30.8 Å². The maximum absolute atomic E-state index is 14.1. The Morgan fingerprint density at radius 3 is 2.88 bits per heavy atom. The van der Waals surface area contributed by atoms with Crippen LogP contribution in [-0.4, -0.2) is 21.2 Å². The first-order valence-electron chi connectivity index (χ1n) is 10.3. The van der Waals surface area contributed by atoms with E-state index in [2.05, 4.69) is 10.3 Å². The predicted molar refractivity (Wildman–Crippen MR) is 127 cm³/mol. The molecule has 0 bridgehead atoms. The van der Waals surface area contributed by atoms with Gasteiger partial charge in [-0.1, -0.05) is 42.0 Å². The first-order chi connectivity index (χ1) is 15.5. The molecule has 0 saturated carbocycles. The third-order valence-electron chi connectivity index (χ3n) is 5.60. The zero-order valence-electron chi connectivity index (χ0n) is 17.3. The van der Waals surface area contributed by atoms with Gasteiger partial charge in [-0.3, -0.25) is 14.2 Å². The number of benzene rings is 2. The van der Waals surface area contributed by atoms with Crippen LogP contribution in [0.4, 0.5) is 4.39 Å². The Bertz CT molecular complexity index is 1380. The molecule has 4 aromatic rings. The number of amides is 1. The fourth-order valence-corrected chi connectivity index (χ4v) is 6.00. The molecule has 3 heterocycles. The first kappa shape index (κ1) is 20.9. The molecule has 5 nitrogen and oxygen atoms in total. The molecule has 2 aromatic carbocycles. The minimum absolute atomic E-state index is 0.140. The average molecular weight is 466 g/mol. The van der Waals surface area contributed by atoms with Crippen molar-refractivity contribution >= 4 is 39.2 Å². The largest absolute Gasteiger partial charge is 0.348 e. The summed E-state index contributed by atoms with van der Waals surface area (Å²) in [7, 11) is 0. The summed E-state index contributed by atoms with van der Waals surface area (Å²) in [5, 5.41) is 5.42. The van der Waals surface area contributed by atoms with Gasteiger partial charge in [0.1, 0.15) is 17.2 Å². The monoisotopic (exact) mass is 465 g/mol. The van der Waals surface area contributed by atoms with Crippen LogP contribution in [0.1, 0.15) is 23.6 Å². The molecule has 0 spiro atoms. The van der Waals surface area contributed by atoms with Gasteiger partial charge in [0.05, 0.1) is 17.8 Å². The van der Waals surface area contributed by atoms with Gasteiger partial charge >= 0.3 is 0 Å². The standard InChI is InChI=1S/C24H20FN3O2S2/c1-14-5-7-15(8-6-14)17-12-32-23-21(17)24(30)28(13-26-23)11-20(29)27-19-9-10-31-22-16(19)3-2-4-18(22)25/h2-8,12-13,19H,9-11H2,1H3,(H,27,29)/t19-/m0/s1. The number of carbonyl (C=O) groups excluding carboxylic acids is 1. The summed E-state index contributed by atoms with van der Waals surface area (Å²) in [5.74, 6) is 0.159. The third kappa shape index (κ3) is 3.84. The van der Waals surface area contributed by atoms with Crippen molar-refractivity contribution in [1.29, 1.82) is 0 Å². The predicted octanol–water partition coefficient (Wildman–Crippen LogP) is 4.93. The number of aryl methyl sites for hydroxylation is 1. The van der Waals surface area contributed by atoms with E-state index in [0.29, 0.717) is 21.5 Å². The van der Waals surface area contributed by atoms with Crippen LogP contribution in [0, 0.1) is 12.7 Å². The summed E-state index contributed by atoms with van der Waals surface area (Å²) in [6.07, 6.45) is 2.13. The number of carbonyl (C=O) groups is 1. The second kappa shape index (κ2) is 8.52. The van der Waals surface area contributed by atoms with Crippen LogP contribution < -0.4 is 10.9 Å². The lowest BCUT2D eigenvalue weighted by Gasteiger charge is -2.26. The lowest BCUT2D eigenvalue weighted by atomic mass is 10.0. The van der Waals surface area contributed by atoms with Gasteiger partial charge in [-0.05, 0) is 30.5 Å². The molecule has 0 aliphatic carbocycles. The summed E-state index contributed by atoms with van der Waals surface area (Å²) in [4.78, 5) is 31.7. The van der Waals surface area contributed by atoms with Crippen molar-refractivity contribution in [3.8, 4) is 11.1 Å². The maximum atomic E-state index is 14.1. The van der Waals surface area contributed by atoms with Crippen LogP contribution in [0.2, 0.25) is 0 Å². The highest BCUT2D eigenvalue weighted by atomic mass is 32.2. The number of nitrogens with one attached hydrogen (secondary N) is 1. The molecule has 2 aromatic heterocycles. The number of fused-ring (bicyclic) bond motifs is 2. The number of hydrogen-bond acceptors (Lipinski definition) is 5. The Balaban J connectivity index is 1.42. The molecule has 1 N–H and O–H groups in total. The molecule has 1 aliphatic heterocycles. The van der Waals surface area contributed by atoms with Crippen LogP contribution in [0.3, 0.4) is 0 Å². The van der Waals surface area contributed by atoms with Crippen molar-refractivity contribution in [3.05, 3.63) is 81.5 Å². The molecular formula is C24H20FN3O2S2. The second-order valence-corrected chi connectivity index (χ2v) is 9.75. The van der Waals surface area contributed by atoms with Crippen LogP contribution in [0.5, 0.6) is 0 Å². The Morgan fingerprint density at radius 1 is 1.25 bits per heavy atom. The highest BCUT2D eigenvalue weighted by molar-refractivity contribution is 7.99. The Hall–Kier alpha value is -2.97. The number of aromatic nitrogens is 2. The number of thioether (sulfide) groups is 1. The van der Waals surface area contributed by atoms with Gasteiger partial charge in [0, 0.05) is 21.6 Å². The van der Waals surface area contributed by atoms with Gasteiger partial charge in [0.2, 0.25) is 5.91 Å². The van der Waals surface area contributed by atoms with Gasteiger partial charge in [0.25, 0.3) is 5.56 Å². The maximum Gasteiger partial charge on any atom is 0.263 e. The van der Waals surface area contributed by atoms with Crippen LogP contribution in [0.25, 0.3) is 21.3 Å². The molecule has 5 rings (SSSR count). The van der Waals surface area contributed by atoms with Crippen LogP contribution in [-0.2, 0) is 11.3 Å². The molecule has 0 fully saturated rings. The number of nitrogens with zero attached hydrogens (tertiary/aromatic N) is 2. The molecular weight excluding hydrogens is 445 g/mol. The average Bonchev–Trinajstić information content (AvgIpc) is 3.22. The van der Waals surface area contributed by atoms with Crippen LogP contribution in [0.15, 0.2) is 63.9 Å². The van der Waals surface area contributed by atoms with Crippen molar-refractivity contribution in [1.82, 2.24) is 14.9 Å². The number of hydrogen-bond donors (Lipinski definition) is 1. The van der Waals surface area contributed by atoms with E-state index in [-0.39, 0.29) is 29.9 Å². The molecule has 0 radical (unpaired) electrons. The van der Waals surface area contributed by atoms with E-state index in [1.807, 2.05) is 42.6 Å². The number of halogens is 1. The summed E-state index contributed by atoms with van der Waals surface area (Å²) < 4.78 is 15.5. The third-order valence-corrected chi connectivity index (χ3v) is 7.64. The molecule has 0 unspecified atom stereocenters. The second-order valence-electron chi connectivity index (χ2n) is 7.79. The quantitative estimate of drug-likeness (QED) is 0.464. The van der Waals surface area contributed by atoms with Gasteiger partial charge in [-0.15, -0.1) is 23.1 Å². The van der Waals surface area contributed by atoms with Gasteiger partial charge in [0.15, 0.2) is 0 Å². The summed E-state index contributed by atoms with van der Waals surface area (Å²) >= 11 is 2.88. The Labute approximate surface area is 192 Å². The van der Waals surface area contributed by atoms with Crippen molar-refractivity contribution in [2.24, 2.45) is 0 Å². The first-order valence-corrected chi connectivity index (χ1v) is 12.1. The lowest BCUT2D eigenvalue weighted by molar-refractivity contribution is -0.122. The lowest BCUT2D eigenvalue weighted by Crippen LogP contribution is -2.36. The van der Waals surface area contributed by atoms with E-state index < -0.39 is 0 Å². The zero-order chi connectivity index (χ0) is 22.2. The molecule has 8 heteroatoms. The van der Waals surface area contributed by atoms with E-state index in [4.69, 9.17) is 0 Å². The van der Waals surface area contributed by atoms with Gasteiger partial charge in [-0.25, -0.2) is 9.37 Å². The topological polar surface area (TPSA) is 64.0 Å². The Morgan fingerprint density at radius 2 is 2.06 bits per heavy atom. The van der Waals surface area contributed by atoms with Crippen molar-refractivity contribution < 1.29 is 9.18 Å². The van der Waals surface area contributed by atoms with Gasteiger partial charge < -0.3 is 5.32 Å². The minimum Gasteiger partial charge on any atom is -0.348 e. The number of thiophene rings is 1. The fourth-order valence-electron chi connectivity index (χ4n) is 3.96. The molecule has 162 valence electrons. The van der Waals surface area contributed by atoms with Crippen molar-refractivity contribution in [2.75, 3.05) is 5.75 Å². The summed E-state index contributed by atoms with van der Waals surface area (Å²) in [5.41, 5.74) is 3.46. The van der Waals surface area contributed by atoms with E-state index in [1.54, 1.807) is 6.07 Å². The molecule has 0 saturated heterocycles. The SMILES string of the molecule is Cc1ccc(-c2csc3ncn(CC(=O)N[C@H]4CCSc5c(F)cccc54)c(=O)c23)cc1. The van der Waals surface area contributed by atoms with E-state index in [9.17, 15) is 14.0 Å². The molecule has 1 atom stereocenters. The molecule has 1 aliphatic rings. The van der Waals surface area contributed by atoms with Gasteiger partial charge in [-0.2, -0.15) is 0 Å². The van der Waals surface area contributed by atoms with Crippen molar-refractivity contribution in [3.63, 3.8) is 0 Å². The fraction of sp³-hybridized carbons (Fsp3) is 0.208. The zero-order valence-corrected chi connectivity index (χ0v) is 18.9. The van der Waals surface area contributed by atoms with Crippen LogP contribution >= 0.6 is 23.1 Å². The van der Waals surface area contributed by atoms with E-state index in [0.717, 1.165) is 28.0 Å². The summed E-state index contributed by atoms with van der Waals surface area (Å²) in [6.45, 7) is 1.87. The normalized spacial score (nSPS) is 15.5. The summed E-state index contributed by atoms with van der Waals surface area (Å²) in [6, 6.07) is 12.6. The van der Waals surface area contributed by atoms with E-state index >= 15 is 0 Å². The Kier molecular flexibility index (Phi) is 5.57. The smallest absolute Gasteiger partial charge is 0.263 e. The molecule has 32 heavy (non-hydrogen) atoms. The molecule has 1 amide bonds. The number of rotatable bonds is 4. The highest BCUT2D eigenvalue weighted by Gasteiger charge is 2.25. The minimum atomic E-state index is -0.299. The van der Waals surface area contributed by atoms with E-state index in [1.165, 1.54) is 40.1 Å². The highest BCUT2D eigenvalue weighted by Crippen LogP contribution is 2.37.